The predicted octanol–water partition coefficient (Wildman–Crippen LogP) is 2.73. The lowest BCUT2D eigenvalue weighted by molar-refractivity contribution is -0.134. The third-order valence-electron chi connectivity index (χ3n) is 3.67. The normalized spacial score (nSPS) is 9.85. The second-order valence-electron chi connectivity index (χ2n) is 5.57. The van der Waals surface area contributed by atoms with Gasteiger partial charge in [-0.1, -0.05) is 12.1 Å². The van der Waals surface area contributed by atoms with Gasteiger partial charge in [-0.15, -0.1) is 0 Å². The molecule has 1 aromatic carbocycles. The molecule has 3 aromatic rings. The molecule has 0 spiro atoms. The molecule has 3 rings (SSSR count). The summed E-state index contributed by atoms with van der Waals surface area (Å²) in [5, 5.41) is 20.8. The summed E-state index contributed by atoms with van der Waals surface area (Å²) in [4.78, 5) is 26.7. The van der Waals surface area contributed by atoms with Crippen molar-refractivity contribution < 1.29 is 14.7 Å². The Kier molecular flexibility index (Phi) is 6.23. The van der Waals surface area contributed by atoms with Crippen molar-refractivity contribution in [3.05, 3.63) is 48.3 Å². The number of hydrogen-bond acceptors (Lipinski definition) is 5. The van der Waals surface area contributed by atoms with Crippen LogP contribution < -0.4 is 4.90 Å². The fourth-order valence-corrected chi connectivity index (χ4v) is 2.61. The quantitative estimate of drug-likeness (QED) is 0.764. The zero-order valence-electron chi connectivity index (χ0n) is 15.2. The van der Waals surface area contributed by atoms with Gasteiger partial charge < -0.3 is 10.0 Å². The van der Waals surface area contributed by atoms with E-state index >= 15 is 0 Å². The average Bonchev–Trinajstić information content (AvgIpc) is 3.05. The van der Waals surface area contributed by atoms with Gasteiger partial charge in [-0.2, -0.15) is 10.4 Å². The van der Waals surface area contributed by atoms with Crippen LogP contribution in [0.15, 0.2) is 42.7 Å². The van der Waals surface area contributed by atoms with Gasteiger partial charge in [0.05, 0.1) is 11.9 Å². The first kappa shape index (κ1) is 19.6. The summed E-state index contributed by atoms with van der Waals surface area (Å²) in [6, 6.07) is 11.6. The molecule has 0 aliphatic heterocycles. The van der Waals surface area contributed by atoms with Gasteiger partial charge in [0.2, 0.25) is 5.91 Å². The van der Waals surface area contributed by atoms with Gasteiger partial charge in [-0.25, -0.2) is 9.50 Å². The molecule has 2 heterocycles. The molecule has 0 saturated carbocycles. The van der Waals surface area contributed by atoms with Crippen LogP contribution in [0.4, 0.5) is 5.69 Å². The van der Waals surface area contributed by atoms with Gasteiger partial charge in [0.25, 0.3) is 5.97 Å². The molecular weight excluding hydrogens is 346 g/mol. The van der Waals surface area contributed by atoms with Crippen LogP contribution in [0.5, 0.6) is 0 Å². The average molecular weight is 365 g/mol. The molecule has 0 unspecified atom stereocenters. The van der Waals surface area contributed by atoms with Crippen LogP contribution >= 0.6 is 0 Å². The van der Waals surface area contributed by atoms with E-state index in [4.69, 9.17) is 15.2 Å². The first-order valence-electron chi connectivity index (χ1n) is 8.20. The Labute approximate surface area is 156 Å². The van der Waals surface area contributed by atoms with Gasteiger partial charge in [0.1, 0.15) is 11.6 Å². The number of fused-ring (bicyclic) bond motifs is 1. The standard InChI is InChI=1S/C17H15N5O.C2H4O2/c1-3-21(12(2)23)15-6-4-5-13(9-15)16-7-8-19-17-14(10-18)11-20-22(16)17;1-2(3)4/h4-9,11H,3H2,1-2H3;1H3,(H,3,4). The molecule has 0 radical (unpaired) electrons. The third kappa shape index (κ3) is 4.46. The van der Waals surface area contributed by atoms with E-state index in [9.17, 15) is 4.79 Å². The number of benzene rings is 1. The molecule has 27 heavy (non-hydrogen) atoms. The Morgan fingerprint density at radius 1 is 1.30 bits per heavy atom. The molecule has 0 aliphatic rings. The number of amides is 1. The zero-order valence-corrected chi connectivity index (χ0v) is 15.2. The van der Waals surface area contributed by atoms with Crippen molar-refractivity contribution in [3.63, 3.8) is 0 Å². The Morgan fingerprint density at radius 3 is 2.59 bits per heavy atom. The minimum absolute atomic E-state index is 0.00428. The van der Waals surface area contributed by atoms with E-state index in [-0.39, 0.29) is 5.91 Å². The Morgan fingerprint density at radius 2 is 2.00 bits per heavy atom. The zero-order chi connectivity index (χ0) is 20.0. The van der Waals surface area contributed by atoms with E-state index in [1.807, 2.05) is 37.3 Å². The minimum Gasteiger partial charge on any atom is -0.481 e. The molecule has 1 amide bonds. The molecule has 0 atom stereocenters. The van der Waals surface area contributed by atoms with Crippen LogP contribution in [0.3, 0.4) is 0 Å². The van der Waals surface area contributed by atoms with Gasteiger partial charge in [-0.05, 0) is 25.1 Å². The molecule has 0 aliphatic carbocycles. The lowest BCUT2D eigenvalue weighted by Gasteiger charge is -2.19. The molecule has 1 N–H and O–H groups in total. The van der Waals surface area contributed by atoms with Crippen molar-refractivity contribution in [1.29, 1.82) is 5.26 Å². The highest BCUT2D eigenvalue weighted by atomic mass is 16.4. The Balaban J connectivity index is 0.000000596. The smallest absolute Gasteiger partial charge is 0.300 e. The highest BCUT2D eigenvalue weighted by Gasteiger charge is 2.13. The number of carbonyl (C=O) groups excluding carboxylic acids is 1. The van der Waals surface area contributed by atoms with E-state index in [0.29, 0.717) is 17.8 Å². The summed E-state index contributed by atoms with van der Waals surface area (Å²) in [6.45, 7) is 5.17. The Hall–Kier alpha value is -3.73. The van der Waals surface area contributed by atoms with Crippen LogP contribution in [0.25, 0.3) is 16.9 Å². The number of carboxylic acids is 1. The van der Waals surface area contributed by atoms with Crippen LogP contribution in [0.1, 0.15) is 26.3 Å². The summed E-state index contributed by atoms with van der Waals surface area (Å²) >= 11 is 0. The molecular formula is C19H19N5O3. The second kappa shape index (κ2) is 8.58. The van der Waals surface area contributed by atoms with Crippen molar-refractivity contribution >= 4 is 23.2 Å². The SMILES string of the molecule is CC(=O)O.CCN(C(C)=O)c1cccc(-c2ccnc3c(C#N)cnn23)c1. The number of carbonyl (C=O) groups is 2. The monoisotopic (exact) mass is 365 g/mol. The maximum absolute atomic E-state index is 11.7. The summed E-state index contributed by atoms with van der Waals surface area (Å²) in [5.41, 5.74) is 3.51. The number of aromatic nitrogens is 3. The number of aliphatic carboxylic acids is 1. The highest BCUT2D eigenvalue weighted by Crippen LogP contribution is 2.25. The summed E-state index contributed by atoms with van der Waals surface area (Å²) in [5.74, 6) is -0.838. The van der Waals surface area contributed by atoms with Crippen molar-refractivity contribution in [1.82, 2.24) is 14.6 Å². The molecule has 2 aromatic heterocycles. The van der Waals surface area contributed by atoms with Gasteiger partial charge >= 0.3 is 0 Å². The summed E-state index contributed by atoms with van der Waals surface area (Å²) < 4.78 is 1.64. The highest BCUT2D eigenvalue weighted by molar-refractivity contribution is 5.92. The number of nitriles is 1. The molecule has 0 bridgehead atoms. The lowest BCUT2D eigenvalue weighted by atomic mass is 10.1. The topological polar surface area (TPSA) is 112 Å². The second-order valence-corrected chi connectivity index (χ2v) is 5.57. The van der Waals surface area contributed by atoms with E-state index in [1.54, 1.807) is 22.5 Å². The van der Waals surface area contributed by atoms with Crippen LogP contribution in [-0.4, -0.2) is 38.1 Å². The largest absolute Gasteiger partial charge is 0.481 e. The Bertz CT molecular complexity index is 1020. The van der Waals surface area contributed by atoms with E-state index in [0.717, 1.165) is 23.9 Å². The van der Waals surface area contributed by atoms with Crippen molar-refractivity contribution in [2.75, 3.05) is 11.4 Å². The third-order valence-corrected chi connectivity index (χ3v) is 3.67. The number of rotatable bonds is 3. The molecule has 0 fully saturated rings. The molecule has 138 valence electrons. The van der Waals surface area contributed by atoms with Crippen LogP contribution in [-0.2, 0) is 9.59 Å². The van der Waals surface area contributed by atoms with Gasteiger partial charge in [-0.3, -0.25) is 9.59 Å². The number of hydrogen-bond donors (Lipinski definition) is 1. The lowest BCUT2D eigenvalue weighted by Crippen LogP contribution is -2.27. The molecule has 0 saturated heterocycles. The molecule has 8 heteroatoms. The van der Waals surface area contributed by atoms with Crippen LogP contribution in [0, 0.1) is 11.3 Å². The van der Waals surface area contributed by atoms with E-state index < -0.39 is 5.97 Å². The van der Waals surface area contributed by atoms with Crippen molar-refractivity contribution in [2.24, 2.45) is 0 Å². The summed E-state index contributed by atoms with van der Waals surface area (Å²) in [6.07, 6.45) is 3.16. The number of anilines is 1. The van der Waals surface area contributed by atoms with Crippen LogP contribution in [0.2, 0.25) is 0 Å². The number of nitrogens with zero attached hydrogens (tertiary/aromatic N) is 5. The van der Waals surface area contributed by atoms with Crippen molar-refractivity contribution in [2.45, 2.75) is 20.8 Å². The fourth-order valence-electron chi connectivity index (χ4n) is 2.61. The molecule has 8 nitrogen and oxygen atoms in total. The minimum atomic E-state index is -0.833. The summed E-state index contributed by atoms with van der Waals surface area (Å²) in [7, 11) is 0. The van der Waals surface area contributed by atoms with Gasteiger partial charge in [0.15, 0.2) is 5.65 Å². The maximum Gasteiger partial charge on any atom is 0.300 e. The van der Waals surface area contributed by atoms with Gasteiger partial charge in [0, 0.05) is 37.8 Å². The first-order valence-corrected chi connectivity index (χ1v) is 8.20. The maximum atomic E-state index is 11.7. The van der Waals surface area contributed by atoms with Crippen molar-refractivity contribution in [3.8, 4) is 17.3 Å². The fraction of sp³-hybridized carbons (Fsp3) is 0.211. The van der Waals surface area contributed by atoms with E-state index in [2.05, 4.69) is 16.2 Å². The first-order chi connectivity index (χ1) is 12.9. The number of carboxylic acid groups (broad SMARTS) is 1. The van der Waals surface area contributed by atoms with E-state index in [1.165, 1.54) is 6.20 Å². The predicted molar refractivity (Wildman–Crippen MR) is 100 cm³/mol.